The highest BCUT2D eigenvalue weighted by molar-refractivity contribution is 7.91. The van der Waals surface area contributed by atoms with E-state index >= 15 is 0 Å². The van der Waals surface area contributed by atoms with Crippen LogP contribution in [-0.2, 0) is 9.84 Å². The summed E-state index contributed by atoms with van der Waals surface area (Å²) in [6, 6.07) is 5.92. The molecule has 1 aliphatic rings. The van der Waals surface area contributed by atoms with Crippen LogP contribution in [0.1, 0.15) is 35.6 Å². The van der Waals surface area contributed by atoms with Gasteiger partial charge in [-0.05, 0) is 49.3 Å². The second-order valence-electron chi connectivity index (χ2n) is 5.36. The predicted octanol–water partition coefficient (Wildman–Crippen LogP) is 2.16. The van der Waals surface area contributed by atoms with Crippen molar-refractivity contribution in [2.24, 2.45) is 5.92 Å². The van der Waals surface area contributed by atoms with Crippen LogP contribution in [0.2, 0.25) is 0 Å². The van der Waals surface area contributed by atoms with E-state index in [2.05, 4.69) is 0 Å². The van der Waals surface area contributed by atoms with Crippen molar-refractivity contribution in [2.75, 3.05) is 11.5 Å². The summed E-state index contributed by atoms with van der Waals surface area (Å²) in [5.74, 6) is 0.610. The summed E-state index contributed by atoms with van der Waals surface area (Å²) in [6.07, 6.45) is 0.675. The van der Waals surface area contributed by atoms with Gasteiger partial charge in [0.1, 0.15) is 0 Å². The van der Waals surface area contributed by atoms with Gasteiger partial charge in [0.2, 0.25) is 0 Å². The number of benzene rings is 1. The summed E-state index contributed by atoms with van der Waals surface area (Å²) in [5, 5.41) is 10.2. The minimum Gasteiger partial charge on any atom is -0.388 e. The fourth-order valence-electron chi connectivity index (χ4n) is 2.48. The molecule has 100 valence electrons. The van der Waals surface area contributed by atoms with Gasteiger partial charge in [-0.25, -0.2) is 8.42 Å². The summed E-state index contributed by atoms with van der Waals surface area (Å²) >= 11 is 0. The maximum atomic E-state index is 11.4. The van der Waals surface area contributed by atoms with Gasteiger partial charge in [-0.3, -0.25) is 0 Å². The maximum Gasteiger partial charge on any atom is 0.150 e. The third kappa shape index (κ3) is 3.12. The Kier molecular flexibility index (Phi) is 3.78. The fraction of sp³-hybridized carbons (Fsp3) is 0.571. The largest absolute Gasteiger partial charge is 0.388 e. The molecule has 0 aliphatic carbocycles. The Morgan fingerprint density at radius 2 is 2.06 bits per heavy atom. The lowest BCUT2D eigenvalue weighted by Crippen LogP contribution is -2.09. The number of aliphatic hydroxyl groups excluding tert-OH is 1. The lowest BCUT2D eigenvalue weighted by molar-refractivity contribution is 0.148. The predicted molar refractivity (Wildman–Crippen MR) is 72.3 cm³/mol. The van der Waals surface area contributed by atoms with Crippen molar-refractivity contribution < 1.29 is 13.5 Å². The second-order valence-corrected chi connectivity index (χ2v) is 7.59. The van der Waals surface area contributed by atoms with Crippen LogP contribution in [-0.4, -0.2) is 25.0 Å². The summed E-state index contributed by atoms with van der Waals surface area (Å²) in [6.45, 7) is 4.06. The van der Waals surface area contributed by atoms with Gasteiger partial charge in [0.25, 0.3) is 0 Å². The van der Waals surface area contributed by atoms with Gasteiger partial charge >= 0.3 is 0 Å². The molecular weight excluding hydrogens is 248 g/mol. The highest BCUT2D eigenvalue weighted by Crippen LogP contribution is 2.29. The Labute approximate surface area is 109 Å². The Morgan fingerprint density at radius 1 is 1.33 bits per heavy atom. The van der Waals surface area contributed by atoms with E-state index in [1.807, 2.05) is 32.0 Å². The lowest BCUT2D eigenvalue weighted by Gasteiger charge is -2.16. The number of hydrogen-bond donors (Lipinski definition) is 1. The van der Waals surface area contributed by atoms with E-state index in [-0.39, 0.29) is 17.4 Å². The minimum absolute atomic E-state index is 0.103. The molecule has 18 heavy (non-hydrogen) atoms. The molecule has 1 saturated heterocycles. The molecule has 2 rings (SSSR count). The van der Waals surface area contributed by atoms with Gasteiger partial charge in [-0.15, -0.1) is 0 Å². The molecule has 0 radical (unpaired) electrons. The summed E-state index contributed by atoms with van der Waals surface area (Å²) in [7, 11) is -2.85. The van der Waals surface area contributed by atoms with Gasteiger partial charge in [-0.2, -0.15) is 0 Å². The zero-order valence-corrected chi connectivity index (χ0v) is 11.7. The summed E-state index contributed by atoms with van der Waals surface area (Å²) in [4.78, 5) is 0. The molecule has 2 atom stereocenters. The molecule has 3 nitrogen and oxygen atoms in total. The number of hydrogen-bond acceptors (Lipinski definition) is 3. The van der Waals surface area contributed by atoms with Crippen molar-refractivity contribution in [1.82, 2.24) is 0 Å². The molecule has 1 aromatic carbocycles. The Hall–Kier alpha value is -0.870. The molecule has 0 saturated carbocycles. The van der Waals surface area contributed by atoms with Crippen molar-refractivity contribution in [3.05, 3.63) is 34.9 Å². The van der Waals surface area contributed by atoms with Crippen molar-refractivity contribution in [1.29, 1.82) is 0 Å². The molecule has 1 fully saturated rings. The molecule has 1 heterocycles. The number of aliphatic hydroxyl groups is 1. The lowest BCUT2D eigenvalue weighted by atomic mass is 9.94. The van der Waals surface area contributed by atoms with Crippen LogP contribution in [0.3, 0.4) is 0 Å². The van der Waals surface area contributed by atoms with Crippen LogP contribution in [0.15, 0.2) is 18.2 Å². The third-order valence-electron chi connectivity index (χ3n) is 3.80. The monoisotopic (exact) mass is 268 g/mol. The van der Waals surface area contributed by atoms with E-state index < -0.39 is 15.9 Å². The fourth-order valence-corrected chi connectivity index (χ4v) is 4.36. The molecule has 1 aromatic rings. The number of rotatable bonds is 3. The maximum absolute atomic E-state index is 11.4. The first-order valence-corrected chi connectivity index (χ1v) is 8.15. The first-order valence-electron chi connectivity index (χ1n) is 6.33. The van der Waals surface area contributed by atoms with E-state index in [1.165, 1.54) is 5.56 Å². The van der Waals surface area contributed by atoms with Crippen LogP contribution in [0.5, 0.6) is 0 Å². The van der Waals surface area contributed by atoms with Crippen LogP contribution in [0.4, 0.5) is 0 Å². The second kappa shape index (κ2) is 5.02. The zero-order chi connectivity index (χ0) is 13.3. The van der Waals surface area contributed by atoms with Gasteiger partial charge in [0.15, 0.2) is 9.84 Å². The van der Waals surface area contributed by atoms with E-state index in [0.717, 1.165) is 11.1 Å². The van der Waals surface area contributed by atoms with Crippen molar-refractivity contribution in [3.8, 4) is 0 Å². The normalized spacial score (nSPS) is 24.1. The van der Waals surface area contributed by atoms with Gasteiger partial charge in [0.05, 0.1) is 17.6 Å². The Bertz CT molecular complexity index is 534. The number of sulfone groups is 1. The molecule has 0 aromatic heterocycles. The molecule has 0 bridgehead atoms. The highest BCUT2D eigenvalue weighted by Gasteiger charge is 2.29. The number of aryl methyl sites for hydroxylation is 2. The Balaban J connectivity index is 2.04. The van der Waals surface area contributed by atoms with Crippen molar-refractivity contribution in [2.45, 2.75) is 32.8 Å². The van der Waals surface area contributed by atoms with Crippen LogP contribution < -0.4 is 0 Å². The smallest absolute Gasteiger partial charge is 0.150 e. The topological polar surface area (TPSA) is 54.4 Å². The molecule has 0 spiro atoms. The molecule has 2 unspecified atom stereocenters. The zero-order valence-electron chi connectivity index (χ0n) is 10.9. The third-order valence-corrected chi connectivity index (χ3v) is 5.64. The highest BCUT2D eigenvalue weighted by atomic mass is 32.2. The standard InChI is InChI=1S/C14H20O3S/c1-10-3-4-13(7-11(10)2)14(15)8-12-5-6-18(16,17)9-12/h3-4,7,12,14-15H,5-6,8-9H2,1-2H3. The van der Waals surface area contributed by atoms with Crippen molar-refractivity contribution >= 4 is 9.84 Å². The molecular formula is C14H20O3S. The SMILES string of the molecule is Cc1ccc(C(O)CC2CCS(=O)(=O)C2)cc1C. The van der Waals surface area contributed by atoms with Gasteiger partial charge < -0.3 is 5.11 Å². The van der Waals surface area contributed by atoms with Gasteiger partial charge in [0, 0.05) is 0 Å². The summed E-state index contributed by atoms with van der Waals surface area (Å²) in [5.41, 5.74) is 3.25. The van der Waals surface area contributed by atoms with Crippen LogP contribution >= 0.6 is 0 Å². The van der Waals surface area contributed by atoms with E-state index in [1.54, 1.807) is 0 Å². The van der Waals surface area contributed by atoms with E-state index in [9.17, 15) is 13.5 Å². The first-order chi connectivity index (χ1) is 8.37. The van der Waals surface area contributed by atoms with Crippen LogP contribution in [0.25, 0.3) is 0 Å². The van der Waals surface area contributed by atoms with Crippen LogP contribution in [0, 0.1) is 19.8 Å². The molecule has 0 amide bonds. The first kappa shape index (κ1) is 13.6. The molecule has 1 aliphatic heterocycles. The summed E-state index contributed by atoms with van der Waals surface area (Å²) < 4.78 is 22.8. The molecule has 4 heteroatoms. The van der Waals surface area contributed by atoms with E-state index in [4.69, 9.17) is 0 Å². The van der Waals surface area contributed by atoms with Crippen molar-refractivity contribution in [3.63, 3.8) is 0 Å². The average Bonchev–Trinajstić information content (AvgIpc) is 2.62. The van der Waals surface area contributed by atoms with E-state index in [0.29, 0.717) is 12.8 Å². The van der Waals surface area contributed by atoms with Gasteiger partial charge in [-0.1, -0.05) is 18.2 Å². The quantitative estimate of drug-likeness (QED) is 0.914. The Morgan fingerprint density at radius 3 is 2.61 bits per heavy atom. The minimum atomic E-state index is -2.85. The molecule has 1 N–H and O–H groups in total. The average molecular weight is 268 g/mol.